The van der Waals surface area contributed by atoms with Gasteiger partial charge in [-0.3, -0.25) is 14.2 Å². The SMILES string of the molecule is CCC(=O)O[C@H]1O[C@@H](n2c(=O)n(CC(F)(F)C(F)(F)F)c3cnc(N)nc32)[C@H](OC(C)=O)[C@H]1F. The Bertz CT molecular complexity index is 1160. The van der Waals surface area contributed by atoms with Gasteiger partial charge in [0.25, 0.3) is 0 Å². The Labute approximate surface area is 185 Å². The summed E-state index contributed by atoms with van der Waals surface area (Å²) in [4.78, 5) is 43.2. The van der Waals surface area contributed by atoms with Gasteiger partial charge in [-0.25, -0.2) is 18.7 Å². The average molecular weight is 501 g/mol. The number of carbonyl (C=O) groups excluding carboxylic acids is 2. The van der Waals surface area contributed by atoms with Crippen LogP contribution in [0.2, 0.25) is 0 Å². The smallest absolute Gasteiger partial charge is 0.454 e. The zero-order valence-electron chi connectivity index (χ0n) is 17.4. The van der Waals surface area contributed by atoms with E-state index >= 15 is 0 Å². The predicted molar refractivity (Wildman–Crippen MR) is 97.9 cm³/mol. The maximum absolute atomic E-state index is 15.0. The molecule has 0 saturated carbocycles. The van der Waals surface area contributed by atoms with E-state index in [2.05, 4.69) is 9.97 Å². The summed E-state index contributed by atoms with van der Waals surface area (Å²) in [6.45, 7) is 0.0832. The first-order valence-electron chi connectivity index (χ1n) is 9.52. The number of nitrogen functional groups attached to an aromatic ring is 1. The average Bonchev–Trinajstić information content (AvgIpc) is 3.14. The van der Waals surface area contributed by atoms with Crippen LogP contribution in [-0.2, 0) is 30.3 Å². The van der Waals surface area contributed by atoms with E-state index in [4.69, 9.17) is 19.9 Å². The second-order valence-corrected chi connectivity index (χ2v) is 7.13. The minimum absolute atomic E-state index is 0.00489. The van der Waals surface area contributed by atoms with E-state index in [-0.39, 0.29) is 11.0 Å². The van der Waals surface area contributed by atoms with Gasteiger partial charge in [-0.2, -0.15) is 26.9 Å². The van der Waals surface area contributed by atoms with Crippen LogP contribution in [0, 0.1) is 0 Å². The molecule has 4 atom stereocenters. The van der Waals surface area contributed by atoms with Gasteiger partial charge >= 0.3 is 29.7 Å². The van der Waals surface area contributed by atoms with E-state index in [9.17, 15) is 40.7 Å². The van der Waals surface area contributed by atoms with Gasteiger partial charge in [0.15, 0.2) is 18.0 Å². The summed E-state index contributed by atoms with van der Waals surface area (Å²) in [5.74, 6) is -7.86. The third-order valence-corrected chi connectivity index (χ3v) is 4.72. The van der Waals surface area contributed by atoms with Gasteiger partial charge in [-0.15, -0.1) is 0 Å². The summed E-state index contributed by atoms with van der Waals surface area (Å²) in [7, 11) is 0. The topological polar surface area (TPSA) is 141 Å². The number of rotatable bonds is 6. The van der Waals surface area contributed by atoms with Gasteiger partial charge in [-0.1, -0.05) is 6.92 Å². The number of anilines is 1. The molecule has 3 heterocycles. The largest absolute Gasteiger partial charge is 0.455 e. The molecule has 17 heteroatoms. The molecule has 2 aromatic heterocycles. The van der Waals surface area contributed by atoms with E-state index in [1.165, 1.54) is 6.92 Å². The van der Waals surface area contributed by atoms with E-state index in [0.717, 1.165) is 6.92 Å². The van der Waals surface area contributed by atoms with Crippen LogP contribution < -0.4 is 11.4 Å². The second-order valence-electron chi connectivity index (χ2n) is 7.13. The molecule has 0 amide bonds. The van der Waals surface area contributed by atoms with Crippen molar-refractivity contribution in [1.29, 1.82) is 0 Å². The zero-order valence-corrected chi connectivity index (χ0v) is 17.4. The Balaban J connectivity index is 2.18. The molecular weight excluding hydrogens is 484 g/mol. The molecule has 1 aliphatic rings. The summed E-state index contributed by atoms with van der Waals surface area (Å²) in [6, 6.07) is 0. The van der Waals surface area contributed by atoms with Crippen LogP contribution in [0.15, 0.2) is 11.0 Å². The maximum Gasteiger partial charge on any atom is 0.455 e. The molecule has 2 aromatic rings. The summed E-state index contributed by atoms with van der Waals surface area (Å²) in [6.07, 6.45) is -13.8. The highest BCUT2D eigenvalue weighted by Crippen LogP contribution is 2.38. The number of nitrogens with two attached hydrogens (primary N) is 1. The number of fused-ring (bicyclic) bond motifs is 1. The molecule has 34 heavy (non-hydrogen) atoms. The number of imidazole rings is 1. The van der Waals surface area contributed by atoms with Gasteiger partial charge in [0.2, 0.25) is 18.4 Å². The molecule has 11 nitrogen and oxygen atoms in total. The van der Waals surface area contributed by atoms with Crippen molar-refractivity contribution < 1.29 is 50.1 Å². The Morgan fingerprint density at radius 2 is 1.88 bits per heavy atom. The molecule has 0 bridgehead atoms. The number of carbonyl (C=O) groups is 2. The monoisotopic (exact) mass is 501 g/mol. The van der Waals surface area contributed by atoms with Crippen LogP contribution >= 0.6 is 0 Å². The Morgan fingerprint density at radius 3 is 2.44 bits per heavy atom. The maximum atomic E-state index is 15.0. The van der Waals surface area contributed by atoms with Crippen molar-refractivity contribution in [2.24, 2.45) is 0 Å². The molecule has 188 valence electrons. The first-order chi connectivity index (χ1) is 15.7. The van der Waals surface area contributed by atoms with Crippen molar-refractivity contribution >= 4 is 29.1 Å². The van der Waals surface area contributed by atoms with E-state index in [1.807, 2.05) is 0 Å². The highest BCUT2D eigenvalue weighted by Gasteiger charge is 2.58. The molecule has 1 saturated heterocycles. The van der Waals surface area contributed by atoms with Crippen LogP contribution in [0.5, 0.6) is 0 Å². The van der Waals surface area contributed by atoms with Crippen LogP contribution in [0.1, 0.15) is 26.5 Å². The Hall–Kier alpha value is -3.37. The Kier molecular flexibility index (Phi) is 6.51. The lowest BCUT2D eigenvalue weighted by molar-refractivity contribution is -0.286. The molecule has 1 fully saturated rings. The molecule has 2 N–H and O–H groups in total. The van der Waals surface area contributed by atoms with E-state index in [0.29, 0.717) is 10.8 Å². The van der Waals surface area contributed by atoms with Crippen molar-refractivity contribution in [3.63, 3.8) is 0 Å². The third kappa shape index (κ3) is 4.51. The molecular formula is C17H17F6N5O6. The van der Waals surface area contributed by atoms with Crippen molar-refractivity contribution in [2.75, 3.05) is 5.73 Å². The zero-order chi connectivity index (χ0) is 25.6. The molecule has 0 radical (unpaired) electrons. The number of hydrogen-bond donors (Lipinski definition) is 1. The van der Waals surface area contributed by atoms with Crippen LogP contribution in [0.4, 0.5) is 32.3 Å². The van der Waals surface area contributed by atoms with Crippen molar-refractivity contribution in [2.45, 2.75) is 63.7 Å². The number of nitrogens with zero attached hydrogens (tertiary/aromatic N) is 4. The molecule has 0 aromatic carbocycles. The first-order valence-corrected chi connectivity index (χ1v) is 9.52. The number of alkyl halides is 6. The second kappa shape index (κ2) is 8.77. The predicted octanol–water partition coefficient (Wildman–Crippen LogP) is 1.45. The van der Waals surface area contributed by atoms with Gasteiger partial charge in [0, 0.05) is 13.3 Å². The lowest BCUT2D eigenvalue weighted by atomic mass is 10.2. The minimum atomic E-state index is -6.01. The molecule has 0 aliphatic carbocycles. The van der Waals surface area contributed by atoms with Crippen LogP contribution in [0.3, 0.4) is 0 Å². The number of aromatic nitrogens is 4. The van der Waals surface area contributed by atoms with Crippen molar-refractivity contribution in [1.82, 2.24) is 19.1 Å². The number of ether oxygens (including phenoxy) is 3. The quantitative estimate of drug-likeness (QED) is 0.460. The molecule has 0 spiro atoms. The lowest BCUT2D eigenvalue weighted by Gasteiger charge is -2.20. The fraction of sp³-hybridized carbons (Fsp3) is 0.588. The van der Waals surface area contributed by atoms with Crippen LogP contribution in [0.25, 0.3) is 11.2 Å². The fourth-order valence-electron chi connectivity index (χ4n) is 3.17. The summed E-state index contributed by atoms with van der Waals surface area (Å²) in [5, 5.41) is 0. The summed E-state index contributed by atoms with van der Waals surface area (Å²) < 4.78 is 96.0. The number of hydrogen-bond acceptors (Lipinski definition) is 9. The number of halogens is 6. The van der Waals surface area contributed by atoms with E-state index < -0.39 is 78.2 Å². The first kappa shape index (κ1) is 25.3. The van der Waals surface area contributed by atoms with Gasteiger partial charge in [0.05, 0.1) is 6.20 Å². The molecule has 3 rings (SSSR count). The van der Waals surface area contributed by atoms with Crippen molar-refractivity contribution in [3.05, 3.63) is 16.7 Å². The molecule has 0 unspecified atom stereocenters. The van der Waals surface area contributed by atoms with E-state index in [1.54, 1.807) is 0 Å². The van der Waals surface area contributed by atoms with Gasteiger partial charge < -0.3 is 19.9 Å². The Morgan fingerprint density at radius 1 is 1.24 bits per heavy atom. The van der Waals surface area contributed by atoms with Crippen molar-refractivity contribution in [3.8, 4) is 0 Å². The third-order valence-electron chi connectivity index (χ3n) is 4.72. The fourth-order valence-corrected chi connectivity index (χ4v) is 3.17. The van der Waals surface area contributed by atoms with Gasteiger partial charge in [-0.05, 0) is 0 Å². The normalized spacial score (nSPS) is 23.3. The van der Waals surface area contributed by atoms with Crippen LogP contribution in [-0.4, -0.2) is 61.7 Å². The number of esters is 2. The molecule has 1 aliphatic heterocycles. The lowest BCUT2D eigenvalue weighted by Crippen LogP contribution is -2.43. The standard InChI is InChI=1S/C17H17F6N5O6/c1-3-8(30)33-13-9(18)10(32-6(2)29)12(34-13)28-11-7(4-25-14(24)26-11)27(15(28)31)5-16(19,20)17(21,22)23/h4,9-10,12-13H,3,5H2,1-2H3,(H2,24,25,26)/t9-,10-,12-,13+/m1/s1. The summed E-state index contributed by atoms with van der Waals surface area (Å²) >= 11 is 0. The van der Waals surface area contributed by atoms with Gasteiger partial charge in [0.1, 0.15) is 12.1 Å². The minimum Gasteiger partial charge on any atom is -0.454 e. The highest BCUT2D eigenvalue weighted by molar-refractivity contribution is 5.72. The summed E-state index contributed by atoms with van der Waals surface area (Å²) in [5.41, 5.74) is 2.65. The highest BCUT2D eigenvalue weighted by atomic mass is 19.4.